The quantitative estimate of drug-likeness (QED) is 0.782. The van der Waals surface area contributed by atoms with Gasteiger partial charge < -0.3 is 14.4 Å². The first kappa shape index (κ1) is 12.3. The lowest BCUT2D eigenvalue weighted by Crippen LogP contribution is -2.44. The van der Waals surface area contributed by atoms with E-state index in [4.69, 9.17) is 9.47 Å². The Hall–Kier alpha value is -1.71. The summed E-state index contributed by atoms with van der Waals surface area (Å²) >= 11 is 0. The van der Waals surface area contributed by atoms with Crippen LogP contribution in [-0.4, -0.2) is 32.3 Å². The fourth-order valence-electron chi connectivity index (χ4n) is 2.75. The van der Waals surface area contributed by atoms with E-state index in [9.17, 15) is 4.79 Å². The molecule has 4 heteroatoms. The van der Waals surface area contributed by atoms with Crippen LogP contribution in [0, 0.1) is 5.92 Å². The fraction of sp³-hybridized carbons (Fsp3) is 0.533. The summed E-state index contributed by atoms with van der Waals surface area (Å²) < 4.78 is 10.7. The van der Waals surface area contributed by atoms with Gasteiger partial charge in [-0.2, -0.15) is 0 Å². The van der Waals surface area contributed by atoms with Crippen molar-refractivity contribution in [2.75, 3.05) is 25.2 Å². The summed E-state index contributed by atoms with van der Waals surface area (Å²) in [6.07, 6.45) is 3.15. The van der Waals surface area contributed by atoms with Crippen molar-refractivity contribution in [3.63, 3.8) is 0 Å². The van der Waals surface area contributed by atoms with Gasteiger partial charge in [-0.15, -0.1) is 0 Å². The van der Waals surface area contributed by atoms with Gasteiger partial charge in [-0.1, -0.05) is 12.1 Å². The van der Waals surface area contributed by atoms with Crippen molar-refractivity contribution in [3.05, 3.63) is 24.3 Å². The minimum absolute atomic E-state index is 0.126. The molecule has 1 fully saturated rings. The SMILES string of the molecule is COC(=O)C(C1CC1)N1CCCOc2ccccc21. The van der Waals surface area contributed by atoms with Crippen molar-refractivity contribution in [2.45, 2.75) is 25.3 Å². The lowest BCUT2D eigenvalue weighted by Gasteiger charge is -2.31. The Morgan fingerprint density at radius 3 is 2.95 bits per heavy atom. The molecule has 19 heavy (non-hydrogen) atoms. The van der Waals surface area contributed by atoms with E-state index in [1.165, 1.54) is 7.11 Å². The number of carbonyl (C=O) groups excluding carboxylic acids is 1. The van der Waals surface area contributed by atoms with E-state index >= 15 is 0 Å². The summed E-state index contributed by atoms with van der Waals surface area (Å²) in [6, 6.07) is 7.79. The van der Waals surface area contributed by atoms with Crippen LogP contribution in [-0.2, 0) is 9.53 Å². The Balaban J connectivity index is 1.95. The number of fused-ring (bicyclic) bond motifs is 1. The van der Waals surface area contributed by atoms with Crippen molar-refractivity contribution in [1.82, 2.24) is 0 Å². The van der Waals surface area contributed by atoms with E-state index in [0.29, 0.717) is 12.5 Å². The van der Waals surface area contributed by atoms with Gasteiger partial charge in [0.05, 0.1) is 19.4 Å². The van der Waals surface area contributed by atoms with E-state index in [1.54, 1.807) is 0 Å². The first-order valence-corrected chi connectivity index (χ1v) is 6.87. The maximum atomic E-state index is 12.1. The maximum Gasteiger partial charge on any atom is 0.328 e. The maximum absolute atomic E-state index is 12.1. The van der Waals surface area contributed by atoms with E-state index in [-0.39, 0.29) is 12.0 Å². The highest BCUT2D eigenvalue weighted by Crippen LogP contribution is 2.41. The number of anilines is 1. The summed E-state index contributed by atoms with van der Waals surface area (Å²) in [5.41, 5.74) is 1.02. The average Bonchev–Trinajstić information content (AvgIpc) is 3.27. The Morgan fingerprint density at radius 1 is 1.42 bits per heavy atom. The van der Waals surface area contributed by atoms with Crippen molar-refractivity contribution in [1.29, 1.82) is 0 Å². The number of carbonyl (C=O) groups is 1. The van der Waals surface area contributed by atoms with Gasteiger partial charge >= 0.3 is 5.97 Å². The van der Waals surface area contributed by atoms with Gasteiger partial charge in [0.1, 0.15) is 11.8 Å². The molecule has 0 amide bonds. The molecule has 102 valence electrons. The number of benzene rings is 1. The van der Waals surface area contributed by atoms with Gasteiger partial charge in [0, 0.05) is 6.54 Å². The molecule has 1 aromatic carbocycles. The summed E-state index contributed by atoms with van der Waals surface area (Å²) in [6.45, 7) is 1.54. The minimum Gasteiger partial charge on any atom is -0.491 e. The molecule has 1 aliphatic carbocycles. The highest BCUT2D eigenvalue weighted by atomic mass is 16.5. The highest BCUT2D eigenvalue weighted by Gasteiger charge is 2.42. The number of esters is 1. The Kier molecular flexibility index (Phi) is 3.32. The molecule has 0 saturated heterocycles. The summed E-state index contributed by atoms with van der Waals surface area (Å²) in [7, 11) is 1.47. The van der Waals surface area contributed by atoms with Crippen LogP contribution < -0.4 is 9.64 Å². The normalized spacial score (nSPS) is 19.9. The summed E-state index contributed by atoms with van der Waals surface area (Å²) in [4.78, 5) is 14.3. The van der Waals surface area contributed by atoms with Gasteiger partial charge in [-0.3, -0.25) is 0 Å². The predicted molar refractivity (Wildman–Crippen MR) is 72.4 cm³/mol. The third-order valence-electron chi connectivity index (χ3n) is 3.82. The van der Waals surface area contributed by atoms with Gasteiger partial charge in [0.25, 0.3) is 0 Å². The number of ether oxygens (including phenoxy) is 2. The van der Waals surface area contributed by atoms with Gasteiger partial charge in [-0.05, 0) is 37.3 Å². The van der Waals surface area contributed by atoms with E-state index in [0.717, 1.165) is 37.2 Å². The number of para-hydroxylation sites is 2. The molecular weight excluding hydrogens is 242 g/mol. The number of hydrogen-bond donors (Lipinski definition) is 0. The van der Waals surface area contributed by atoms with Gasteiger partial charge in [0.2, 0.25) is 0 Å². The third-order valence-corrected chi connectivity index (χ3v) is 3.82. The number of methoxy groups -OCH3 is 1. The fourth-order valence-corrected chi connectivity index (χ4v) is 2.75. The first-order valence-electron chi connectivity index (χ1n) is 6.87. The third kappa shape index (κ3) is 2.39. The molecule has 0 aromatic heterocycles. The molecule has 1 saturated carbocycles. The van der Waals surface area contributed by atoms with Gasteiger partial charge in [0.15, 0.2) is 0 Å². The highest BCUT2D eigenvalue weighted by molar-refractivity contribution is 5.82. The van der Waals surface area contributed by atoms with Crippen LogP contribution in [0.3, 0.4) is 0 Å². The molecule has 2 aliphatic rings. The minimum atomic E-state index is -0.159. The number of nitrogens with zero attached hydrogens (tertiary/aromatic N) is 1. The lowest BCUT2D eigenvalue weighted by molar-refractivity contribution is -0.142. The second-order valence-corrected chi connectivity index (χ2v) is 5.17. The molecule has 0 spiro atoms. The van der Waals surface area contributed by atoms with Crippen molar-refractivity contribution >= 4 is 11.7 Å². The Labute approximate surface area is 113 Å². The van der Waals surface area contributed by atoms with E-state index in [2.05, 4.69) is 4.90 Å². The zero-order valence-electron chi connectivity index (χ0n) is 11.2. The molecule has 1 aromatic rings. The second-order valence-electron chi connectivity index (χ2n) is 5.17. The molecule has 3 rings (SSSR count). The Morgan fingerprint density at radius 2 is 2.21 bits per heavy atom. The van der Waals surface area contributed by atoms with Crippen LogP contribution in [0.1, 0.15) is 19.3 Å². The second kappa shape index (κ2) is 5.11. The van der Waals surface area contributed by atoms with Crippen LogP contribution >= 0.6 is 0 Å². The van der Waals surface area contributed by atoms with Crippen LogP contribution in [0.5, 0.6) is 5.75 Å². The molecule has 0 radical (unpaired) electrons. The summed E-state index contributed by atoms with van der Waals surface area (Å²) in [5, 5.41) is 0. The molecule has 0 N–H and O–H groups in total. The standard InChI is InChI=1S/C15H19NO3/c1-18-15(17)14(11-7-8-11)16-9-4-10-19-13-6-3-2-5-12(13)16/h2-3,5-6,11,14H,4,7-10H2,1H3. The van der Waals surface area contributed by atoms with Crippen LogP contribution in [0.25, 0.3) is 0 Å². The molecule has 0 bridgehead atoms. The van der Waals surface area contributed by atoms with Crippen molar-refractivity contribution in [3.8, 4) is 5.75 Å². The molecular formula is C15H19NO3. The smallest absolute Gasteiger partial charge is 0.328 e. The predicted octanol–water partition coefficient (Wildman–Crippen LogP) is 2.23. The molecule has 1 heterocycles. The molecule has 1 unspecified atom stereocenters. The van der Waals surface area contributed by atoms with Crippen LogP contribution in [0.2, 0.25) is 0 Å². The van der Waals surface area contributed by atoms with Crippen molar-refractivity contribution < 1.29 is 14.3 Å². The van der Waals surface area contributed by atoms with Crippen LogP contribution in [0.4, 0.5) is 5.69 Å². The zero-order chi connectivity index (χ0) is 13.2. The van der Waals surface area contributed by atoms with Gasteiger partial charge in [-0.25, -0.2) is 4.79 Å². The van der Waals surface area contributed by atoms with E-state index < -0.39 is 0 Å². The average molecular weight is 261 g/mol. The lowest BCUT2D eigenvalue weighted by atomic mass is 10.1. The van der Waals surface area contributed by atoms with Crippen molar-refractivity contribution in [2.24, 2.45) is 5.92 Å². The Bertz CT molecular complexity index is 470. The molecule has 1 aliphatic heterocycles. The topological polar surface area (TPSA) is 38.8 Å². The van der Waals surface area contributed by atoms with E-state index in [1.807, 2.05) is 24.3 Å². The number of rotatable bonds is 3. The first-order chi connectivity index (χ1) is 9.31. The zero-order valence-corrected chi connectivity index (χ0v) is 11.2. The summed E-state index contributed by atoms with van der Waals surface area (Å²) in [5.74, 6) is 1.17. The molecule has 1 atom stereocenters. The monoisotopic (exact) mass is 261 g/mol. The van der Waals surface area contributed by atoms with Crippen LogP contribution in [0.15, 0.2) is 24.3 Å². The number of hydrogen-bond acceptors (Lipinski definition) is 4. The molecule has 4 nitrogen and oxygen atoms in total. The largest absolute Gasteiger partial charge is 0.491 e.